The number of hydrogen-bond acceptors (Lipinski definition) is 15. The smallest absolute Gasteiger partial charge is 0.462 e. The summed E-state index contributed by atoms with van der Waals surface area (Å²) in [5, 5.41) is 10.5. The maximum Gasteiger partial charge on any atom is 0.472 e. The minimum Gasteiger partial charge on any atom is -0.462 e. The molecule has 0 aromatic rings. The Kier molecular flexibility index (Phi) is 58.6. The van der Waals surface area contributed by atoms with Crippen LogP contribution in [0.15, 0.2) is 0 Å². The van der Waals surface area contributed by atoms with E-state index in [0.29, 0.717) is 25.7 Å². The number of phosphoric ester groups is 2. The van der Waals surface area contributed by atoms with Gasteiger partial charge in [-0.25, -0.2) is 9.13 Å². The van der Waals surface area contributed by atoms with Gasteiger partial charge in [0.05, 0.1) is 26.4 Å². The number of aliphatic hydroxyl groups excluding tert-OH is 1. The SMILES string of the molecule is CCCCCCCCCCCCCCCCCCCCCCC(=O)O[C@H](COC(=O)CCCCCCCCCCC)COP(=O)(O)OC[C@@H](O)COP(=O)(O)OC[C@@H](COC(=O)CCCCCCCCC)OC(=O)CCCCCCCCCC. The third-order valence-electron chi connectivity index (χ3n) is 15.1. The minimum atomic E-state index is -4.94. The molecule has 84 heavy (non-hydrogen) atoms. The van der Waals surface area contributed by atoms with Crippen molar-refractivity contribution in [1.82, 2.24) is 0 Å². The van der Waals surface area contributed by atoms with Crippen LogP contribution >= 0.6 is 15.6 Å². The Hall–Kier alpha value is -1.94. The highest BCUT2D eigenvalue weighted by Gasteiger charge is 2.30. The van der Waals surface area contributed by atoms with Crippen molar-refractivity contribution < 1.29 is 80.2 Å². The van der Waals surface area contributed by atoms with Gasteiger partial charge in [-0.3, -0.25) is 37.3 Å². The molecule has 0 bridgehead atoms. The van der Waals surface area contributed by atoms with Crippen molar-refractivity contribution in [3.8, 4) is 0 Å². The Morgan fingerprint density at radius 3 is 0.702 bits per heavy atom. The highest BCUT2D eigenvalue weighted by molar-refractivity contribution is 7.47. The van der Waals surface area contributed by atoms with Gasteiger partial charge in [-0.2, -0.15) is 0 Å². The van der Waals surface area contributed by atoms with Gasteiger partial charge in [-0.1, -0.05) is 285 Å². The number of phosphoric acid groups is 2. The molecule has 0 spiro atoms. The second-order valence-corrected chi connectivity index (χ2v) is 26.4. The predicted octanol–water partition coefficient (Wildman–Crippen LogP) is 18.3. The lowest BCUT2D eigenvalue weighted by Crippen LogP contribution is -2.30. The van der Waals surface area contributed by atoms with Crippen LogP contribution in [0.4, 0.5) is 0 Å². The number of unbranched alkanes of at least 4 members (excludes halogenated alkanes) is 40. The molecule has 0 aromatic heterocycles. The topological polar surface area (TPSA) is 237 Å². The first-order chi connectivity index (χ1) is 40.7. The van der Waals surface area contributed by atoms with Crippen molar-refractivity contribution in [1.29, 1.82) is 0 Å². The molecule has 0 amide bonds. The van der Waals surface area contributed by atoms with Gasteiger partial charge in [0, 0.05) is 25.7 Å². The van der Waals surface area contributed by atoms with Gasteiger partial charge in [-0.05, 0) is 25.7 Å². The molecule has 498 valence electrons. The van der Waals surface area contributed by atoms with Crippen molar-refractivity contribution in [3.63, 3.8) is 0 Å². The van der Waals surface area contributed by atoms with E-state index in [2.05, 4.69) is 27.7 Å². The van der Waals surface area contributed by atoms with Crippen molar-refractivity contribution in [2.24, 2.45) is 0 Å². The molecule has 0 aliphatic rings. The largest absolute Gasteiger partial charge is 0.472 e. The molecular formula is C65H126O17P2. The molecule has 0 radical (unpaired) electrons. The fourth-order valence-electron chi connectivity index (χ4n) is 9.81. The number of ether oxygens (including phenoxy) is 4. The number of carbonyl (C=O) groups is 4. The average molecular weight is 1240 g/mol. The van der Waals surface area contributed by atoms with Crippen LogP contribution in [0.3, 0.4) is 0 Å². The van der Waals surface area contributed by atoms with Gasteiger partial charge >= 0.3 is 39.5 Å². The number of hydrogen-bond donors (Lipinski definition) is 3. The van der Waals surface area contributed by atoms with E-state index in [4.69, 9.17) is 37.0 Å². The third kappa shape index (κ3) is 59.0. The fraction of sp³-hybridized carbons (Fsp3) is 0.938. The molecule has 19 heteroatoms. The van der Waals surface area contributed by atoms with E-state index in [1.807, 2.05) is 0 Å². The Labute approximate surface area is 511 Å². The van der Waals surface area contributed by atoms with Crippen LogP contribution in [-0.2, 0) is 65.4 Å². The molecule has 0 rings (SSSR count). The second-order valence-electron chi connectivity index (χ2n) is 23.5. The molecule has 17 nitrogen and oxygen atoms in total. The number of aliphatic hydroxyl groups is 1. The number of esters is 4. The van der Waals surface area contributed by atoms with Crippen molar-refractivity contribution in [2.45, 2.75) is 354 Å². The molecule has 0 fully saturated rings. The lowest BCUT2D eigenvalue weighted by Gasteiger charge is -2.21. The summed E-state index contributed by atoms with van der Waals surface area (Å²) in [5.74, 6) is -2.14. The van der Waals surface area contributed by atoms with Gasteiger partial charge in [-0.15, -0.1) is 0 Å². The molecule has 0 aliphatic heterocycles. The molecule has 5 atom stereocenters. The molecule has 3 N–H and O–H groups in total. The average Bonchev–Trinajstić information content (AvgIpc) is 3.50. The molecule has 0 aromatic carbocycles. The van der Waals surface area contributed by atoms with Crippen molar-refractivity contribution in [2.75, 3.05) is 39.6 Å². The highest BCUT2D eigenvalue weighted by Crippen LogP contribution is 2.45. The van der Waals surface area contributed by atoms with Gasteiger partial charge in [0.1, 0.15) is 19.3 Å². The van der Waals surface area contributed by atoms with Crippen molar-refractivity contribution in [3.05, 3.63) is 0 Å². The predicted molar refractivity (Wildman–Crippen MR) is 335 cm³/mol. The lowest BCUT2D eigenvalue weighted by atomic mass is 10.0. The Morgan fingerprint density at radius 2 is 0.476 bits per heavy atom. The van der Waals surface area contributed by atoms with E-state index in [1.54, 1.807) is 0 Å². The first-order valence-corrected chi connectivity index (χ1v) is 37.3. The molecule has 2 unspecified atom stereocenters. The fourth-order valence-corrected chi connectivity index (χ4v) is 11.4. The van der Waals surface area contributed by atoms with E-state index in [1.165, 1.54) is 148 Å². The summed E-state index contributed by atoms with van der Waals surface area (Å²) in [6, 6.07) is 0. The summed E-state index contributed by atoms with van der Waals surface area (Å²) in [5.41, 5.74) is 0. The molecule has 0 saturated heterocycles. The van der Waals surface area contributed by atoms with Gasteiger partial charge in [0.2, 0.25) is 0 Å². The molecular weight excluding hydrogens is 1110 g/mol. The van der Waals surface area contributed by atoms with E-state index >= 15 is 0 Å². The van der Waals surface area contributed by atoms with Crippen LogP contribution in [0, 0.1) is 0 Å². The van der Waals surface area contributed by atoms with E-state index in [9.17, 15) is 43.2 Å². The van der Waals surface area contributed by atoms with Crippen LogP contribution in [0.2, 0.25) is 0 Å². The zero-order valence-electron chi connectivity index (χ0n) is 53.9. The summed E-state index contributed by atoms with van der Waals surface area (Å²) >= 11 is 0. The quantitative estimate of drug-likeness (QED) is 0.0222. The van der Waals surface area contributed by atoms with Gasteiger partial charge < -0.3 is 33.8 Å². The zero-order valence-corrected chi connectivity index (χ0v) is 55.7. The zero-order chi connectivity index (χ0) is 61.9. The van der Waals surface area contributed by atoms with Crippen LogP contribution in [-0.4, -0.2) is 96.7 Å². The van der Waals surface area contributed by atoms with Crippen LogP contribution in [0.5, 0.6) is 0 Å². The van der Waals surface area contributed by atoms with E-state index in [0.717, 1.165) is 109 Å². The lowest BCUT2D eigenvalue weighted by molar-refractivity contribution is -0.161. The molecule has 0 aliphatic carbocycles. The number of carbonyl (C=O) groups excluding carboxylic acids is 4. The first-order valence-electron chi connectivity index (χ1n) is 34.3. The first kappa shape index (κ1) is 82.1. The van der Waals surface area contributed by atoms with Crippen LogP contribution < -0.4 is 0 Å². The normalized spacial score (nSPS) is 14.1. The van der Waals surface area contributed by atoms with Crippen molar-refractivity contribution >= 4 is 39.5 Å². The summed E-state index contributed by atoms with van der Waals surface area (Å²) in [7, 11) is -9.87. The minimum absolute atomic E-state index is 0.105. The standard InChI is InChI=1S/C65H126O17P2/c1-5-9-13-17-21-24-25-26-27-28-29-30-31-32-33-34-36-40-44-48-52-65(70)82-61(56-76-63(68)50-46-42-39-35-22-18-14-10-6-2)58-80-84(73,74)78-54-59(66)53-77-83(71,72)79-57-60(55-75-62(67)49-45-41-37-20-16-12-8-4)81-64(69)51-47-43-38-23-19-15-11-7-3/h59-61,66H,5-58H2,1-4H3,(H,71,72)(H,73,74)/t59-,60+,61+/m0/s1. The highest BCUT2D eigenvalue weighted by atomic mass is 31.2. The Bertz CT molecular complexity index is 1620. The second kappa shape index (κ2) is 60.0. The number of rotatable bonds is 66. The molecule has 0 saturated carbocycles. The van der Waals surface area contributed by atoms with E-state index in [-0.39, 0.29) is 25.7 Å². The Balaban J connectivity index is 5.08. The maximum absolute atomic E-state index is 13.0. The van der Waals surface area contributed by atoms with Crippen LogP contribution in [0.25, 0.3) is 0 Å². The van der Waals surface area contributed by atoms with Gasteiger partial charge in [0.15, 0.2) is 12.2 Å². The van der Waals surface area contributed by atoms with E-state index < -0.39 is 97.5 Å². The third-order valence-corrected chi connectivity index (χ3v) is 17.0. The summed E-state index contributed by atoms with van der Waals surface area (Å²) in [4.78, 5) is 72.0. The maximum atomic E-state index is 13.0. The summed E-state index contributed by atoms with van der Waals surface area (Å²) in [6.45, 7) is 4.82. The van der Waals surface area contributed by atoms with Gasteiger partial charge in [0.25, 0.3) is 0 Å². The Morgan fingerprint density at radius 1 is 0.286 bits per heavy atom. The van der Waals surface area contributed by atoms with Crippen LogP contribution in [0.1, 0.15) is 336 Å². The summed E-state index contributed by atoms with van der Waals surface area (Å²) < 4.78 is 67.8. The molecule has 0 heterocycles. The summed E-state index contributed by atoms with van der Waals surface area (Å²) in [6.07, 6.45) is 46.2. The monoisotopic (exact) mass is 1240 g/mol.